The number of rotatable bonds is 1. The number of nitrogens with zero attached hydrogens (tertiary/aromatic N) is 1. The molecule has 106 valence electrons. The highest BCUT2D eigenvalue weighted by Gasteiger charge is 2.24. The zero-order chi connectivity index (χ0) is 15.0. The van der Waals surface area contributed by atoms with Gasteiger partial charge in [-0.25, -0.2) is 4.98 Å². The second-order valence-electron chi connectivity index (χ2n) is 6.32. The summed E-state index contributed by atoms with van der Waals surface area (Å²) in [5.74, 6) is 0.107. The summed E-state index contributed by atoms with van der Waals surface area (Å²) in [6.07, 6.45) is 0. The van der Waals surface area contributed by atoms with Gasteiger partial charge in [-0.2, -0.15) is 0 Å². The Balaban J connectivity index is 2.47. The molecule has 0 atom stereocenters. The molecule has 2 aromatic carbocycles. The van der Waals surface area contributed by atoms with E-state index in [4.69, 9.17) is 0 Å². The fraction of sp³-hybridized carbons (Fsp3) is 0.211. The number of hydrogen-bond donors (Lipinski definition) is 1. The summed E-state index contributed by atoms with van der Waals surface area (Å²) in [6, 6.07) is 18.1. The van der Waals surface area contributed by atoms with Crippen LogP contribution in [-0.4, -0.2) is 10.1 Å². The van der Waals surface area contributed by atoms with E-state index < -0.39 is 0 Å². The topological polar surface area (TPSA) is 33.1 Å². The smallest absolute Gasteiger partial charge is 0.219 e. The monoisotopic (exact) mass is 277 g/mol. The molecule has 1 N–H and O–H groups in total. The van der Waals surface area contributed by atoms with Gasteiger partial charge in [-0.15, -0.1) is 0 Å². The Bertz CT molecular complexity index is 786. The quantitative estimate of drug-likeness (QED) is 0.686. The lowest BCUT2D eigenvalue weighted by Gasteiger charge is -2.23. The van der Waals surface area contributed by atoms with Crippen LogP contribution in [-0.2, 0) is 5.41 Å². The van der Waals surface area contributed by atoms with Crippen molar-refractivity contribution in [1.29, 1.82) is 0 Å². The van der Waals surface area contributed by atoms with Crippen molar-refractivity contribution in [3.8, 4) is 17.0 Å². The molecule has 0 radical (unpaired) electrons. The molecule has 0 amide bonds. The highest BCUT2D eigenvalue weighted by Crippen LogP contribution is 2.39. The molecule has 3 rings (SSSR count). The van der Waals surface area contributed by atoms with Gasteiger partial charge >= 0.3 is 0 Å². The molecule has 0 saturated heterocycles. The fourth-order valence-corrected chi connectivity index (χ4v) is 2.69. The van der Waals surface area contributed by atoms with Crippen molar-refractivity contribution in [3.63, 3.8) is 0 Å². The first-order chi connectivity index (χ1) is 9.98. The van der Waals surface area contributed by atoms with Crippen LogP contribution in [0.25, 0.3) is 21.9 Å². The third-order valence-corrected chi connectivity index (χ3v) is 3.66. The van der Waals surface area contributed by atoms with E-state index >= 15 is 0 Å². The summed E-state index contributed by atoms with van der Waals surface area (Å²) in [6.45, 7) is 6.36. The molecule has 0 aliphatic heterocycles. The maximum absolute atomic E-state index is 10.3. The van der Waals surface area contributed by atoms with Crippen molar-refractivity contribution in [2.24, 2.45) is 0 Å². The van der Waals surface area contributed by atoms with E-state index in [0.717, 1.165) is 27.6 Å². The second-order valence-corrected chi connectivity index (χ2v) is 6.32. The molecule has 0 bridgehead atoms. The predicted molar refractivity (Wildman–Crippen MR) is 87.5 cm³/mol. The fourth-order valence-electron chi connectivity index (χ4n) is 2.69. The molecule has 1 aromatic heterocycles. The van der Waals surface area contributed by atoms with Gasteiger partial charge in [-0.05, 0) is 17.0 Å². The molecule has 0 aliphatic rings. The first-order valence-corrected chi connectivity index (χ1v) is 7.16. The normalized spacial score (nSPS) is 11.8. The Hall–Kier alpha value is -2.35. The van der Waals surface area contributed by atoms with Gasteiger partial charge in [0.2, 0.25) is 5.88 Å². The van der Waals surface area contributed by atoms with Crippen molar-refractivity contribution in [2.75, 3.05) is 0 Å². The second kappa shape index (κ2) is 4.88. The third kappa shape index (κ3) is 2.38. The van der Waals surface area contributed by atoms with Gasteiger partial charge in [0.05, 0.1) is 5.69 Å². The lowest BCUT2D eigenvalue weighted by Crippen LogP contribution is -2.15. The Morgan fingerprint density at radius 3 is 2.00 bits per heavy atom. The van der Waals surface area contributed by atoms with Crippen molar-refractivity contribution in [2.45, 2.75) is 26.2 Å². The van der Waals surface area contributed by atoms with Crippen molar-refractivity contribution >= 4 is 10.8 Å². The van der Waals surface area contributed by atoms with E-state index in [1.165, 1.54) is 0 Å². The van der Waals surface area contributed by atoms with E-state index in [0.29, 0.717) is 0 Å². The minimum Gasteiger partial charge on any atom is -0.493 e. The summed E-state index contributed by atoms with van der Waals surface area (Å²) >= 11 is 0. The van der Waals surface area contributed by atoms with E-state index in [9.17, 15) is 5.11 Å². The van der Waals surface area contributed by atoms with Crippen LogP contribution in [0.5, 0.6) is 5.88 Å². The molecule has 21 heavy (non-hydrogen) atoms. The minimum atomic E-state index is -0.146. The zero-order valence-electron chi connectivity index (χ0n) is 12.6. The van der Waals surface area contributed by atoms with Crippen LogP contribution in [0.15, 0.2) is 54.6 Å². The first-order valence-electron chi connectivity index (χ1n) is 7.16. The summed E-state index contributed by atoms with van der Waals surface area (Å²) in [7, 11) is 0. The van der Waals surface area contributed by atoms with Crippen LogP contribution < -0.4 is 0 Å². The number of aromatic hydroxyl groups is 1. The van der Waals surface area contributed by atoms with Crippen molar-refractivity contribution in [3.05, 3.63) is 60.3 Å². The summed E-state index contributed by atoms with van der Waals surface area (Å²) < 4.78 is 0. The molecule has 0 fully saturated rings. The number of hydrogen-bond acceptors (Lipinski definition) is 2. The first kappa shape index (κ1) is 13.6. The third-order valence-electron chi connectivity index (χ3n) is 3.66. The van der Waals surface area contributed by atoms with E-state index in [1.807, 2.05) is 42.5 Å². The van der Waals surface area contributed by atoms with Crippen molar-refractivity contribution < 1.29 is 5.11 Å². The lowest BCUT2D eigenvalue weighted by molar-refractivity contribution is 0.449. The van der Waals surface area contributed by atoms with E-state index in [1.54, 1.807) is 0 Å². The van der Waals surface area contributed by atoms with Crippen LogP contribution >= 0.6 is 0 Å². The molecule has 0 saturated carbocycles. The lowest BCUT2D eigenvalue weighted by atomic mass is 9.84. The summed E-state index contributed by atoms with van der Waals surface area (Å²) in [5, 5.41) is 12.1. The summed E-state index contributed by atoms with van der Waals surface area (Å²) in [5.41, 5.74) is 3.01. The van der Waals surface area contributed by atoms with Crippen LogP contribution in [0.4, 0.5) is 0 Å². The Morgan fingerprint density at radius 1 is 0.810 bits per heavy atom. The molecule has 1 heterocycles. The van der Waals surface area contributed by atoms with Crippen molar-refractivity contribution in [1.82, 2.24) is 4.98 Å². The average Bonchev–Trinajstić information content (AvgIpc) is 2.47. The highest BCUT2D eigenvalue weighted by atomic mass is 16.3. The number of fused-ring (bicyclic) bond motifs is 1. The zero-order valence-corrected chi connectivity index (χ0v) is 12.6. The maximum atomic E-state index is 10.3. The van der Waals surface area contributed by atoms with Gasteiger partial charge in [-0.3, -0.25) is 0 Å². The Morgan fingerprint density at radius 2 is 1.38 bits per heavy atom. The molecule has 2 heteroatoms. The van der Waals surface area contributed by atoms with Crippen LogP contribution in [0.3, 0.4) is 0 Å². The van der Waals surface area contributed by atoms with Gasteiger partial charge < -0.3 is 5.11 Å². The molecular weight excluding hydrogens is 258 g/mol. The molecule has 0 spiro atoms. The standard InChI is InChI=1S/C19H19NO/c1-19(2,3)17-16(13-9-5-4-6-10-13)14-11-7-8-12-15(14)18(21)20-17/h4-12H,1-3H3,(H,20,21). The molecular formula is C19H19NO. The molecule has 3 aromatic rings. The minimum absolute atomic E-state index is 0.107. The van der Waals surface area contributed by atoms with Gasteiger partial charge in [0.25, 0.3) is 0 Å². The number of aromatic nitrogens is 1. The summed E-state index contributed by atoms with van der Waals surface area (Å²) in [4.78, 5) is 4.50. The Kier molecular flexibility index (Phi) is 3.17. The van der Waals surface area contributed by atoms with Gasteiger partial charge in [0.1, 0.15) is 0 Å². The average molecular weight is 277 g/mol. The molecule has 0 aliphatic carbocycles. The van der Waals surface area contributed by atoms with Gasteiger partial charge in [0.15, 0.2) is 0 Å². The Labute approximate surface area is 125 Å². The predicted octanol–water partition coefficient (Wildman–Crippen LogP) is 4.90. The SMILES string of the molecule is CC(C)(C)c1nc(O)c2ccccc2c1-c1ccccc1. The van der Waals surface area contributed by atoms with Gasteiger partial charge in [-0.1, -0.05) is 69.3 Å². The van der Waals surface area contributed by atoms with Crippen LogP contribution in [0.2, 0.25) is 0 Å². The molecule has 2 nitrogen and oxygen atoms in total. The van der Waals surface area contributed by atoms with Crippen LogP contribution in [0.1, 0.15) is 26.5 Å². The van der Waals surface area contributed by atoms with E-state index in [2.05, 4.69) is 37.9 Å². The molecule has 0 unspecified atom stereocenters. The van der Waals surface area contributed by atoms with E-state index in [-0.39, 0.29) is 11.3 Å². The maximum Gasteiger partial charge on any atom is 0.219 e. The highest BCUT2D eigenvalue weighted by molar-refractivity contribution is 6.00. The number of pyridine rings is 1. The van der Waals surface area contributed by atoms with Gasteiger partial charge in [0, 0.05) is 16.4 Å². The largest absolute Gasteiger partial charge is 0.493 e. The van der Waals surface area contributed by atoms with Crippen LogP contribution in [0, 0.1) is 0 Å². The number of benzene rings is 2.